The van der Waals surface area contributed by atoms with Gasteiger partial charge in [-0.25, -0.2) is 0 Å². The van der Waals surface area contributed by atoms with Gasteiger partial charge < -0.3 is 10.0 Å². The molecule has 3 heteroatoms. The van der Waals surface area contributed by atoms with Crippen molar-refractivity contribution in [1.82, 2.24) is 0 Å². The van der Waals surface area contributed by atoms with Crippen LogP contribution in [0.25, 0.3) is 0 Å². The van der Waals surface area contributed by atoms with Crippen LogP contribution in [-0.4, -0.2) is 17.7 Å². The Bertz CT molecular complexity index is 266. The topological polar surface area (TPSA) is 40.5 Å². The number of hydrogen-bond donors (Lipinski definition) is 2. The highest BCUT2D eigenvalue weighted by atomic mass is 16.4. The van der Waals surface area contributed by atoms with Gasteiger partial charge in [0.1, 0.15) is 0 Å². The molecule has 0 amide bonds. The summed E-state index contributed by atoms with van der Waals surface area (Å²) in [7, 11) is 0. The van der Waals surface area contributed by atoms with Crippen LogP contribution in [-0.2, 0) is 5.41 Å². The van der Waals surface area contributed by atoms with E-state index in [-0.39, 0.29) is 13.1 Å². The Morgan fingerprint density at radius 1 is 1.14 bits per heavy atom. The van der Waals surface area contributed by atoms with Gasteiger partial charge in [-0.1, -0.05) is 50.6 Å². The predicted molar refractivity (Wildman–Crippen MR) is 60.1 cm³/mol. The fourth-order valence-electron chi connectivity index (χ4n) is 1.11. The van der Waals surface area contributed by atoms with E-state index in [0.717, 1.165) is 0 Å². The molecule has 2 N–H and O–H groups in total. The fourth-order valence-corrected chi connectivity index (χ4v) is 1.11. The summed E-state index contributed by atoms with van der Waals surface area (Å²) in [6, 6.07) is 8.69. The Labute approximate surface area is 86.9 Å². The summed E-state index contributed by atoms with van der Waals surface area (Å²) < 4.78 is 0. The monoisotopic (exact) mass is 193 g/mol. The summed E-state index contributed by atoms with van der Waals surface area (Å²) >= 11 is 0. The molecular weight excluding hydrogens is 175 g/mol. The van der Waals surface area contributed by atoms with Crippen molar-refractivity contribution in [2.45, 2.75) is 33.1 Å². The fraction of sp³-hybridized carbons (Fsp3) is 0.455. The maximum atomic E-state index is 7.00. The van der Waals surface area contributed by atoms with Gasteiger partial charge in [0.05, 0.1) is 0 Å². The van der Waals surface area contributed by atoms with E-state index >= 15 is 0 Å². The van der Waals surface area contributed by atoms with Crippen molar-refractivity contribution in [1.29, 1.82) is 0 Å². The van der Waals surface area contributed by atoms with Crippen LogP contribution < -0.4 is 0 Å². The largest absolute Gasteiger partial charge is 0.482 e. The zero-order chi connectivity index (χ0) is 11.2. The van der Waals surface area contributed by atoms with Crippen LogP contribution in [0, 0.1) is 6.92 Å². The quantitative estimate of drug-likeness (QED) is 0.616. The van der Waals surface area contributed by atoms with Crippen molar-refractivity contribution in [2.75, 3.05) is 0 Å². The summed E-state index contributed by atoms with van der Waals surface area (Å²) in [5.41, 5.74) is 3.04. The van der Waals surface area contributed by atoms with Gasteiger partial charge in [0.15, 0.2) is 0 Å². The lowest BCUT2D eigenvalue weighted by Gasteiger charge is -2.19. The Morgan fingerprint density at radius 3 is 1.93 bits per heavy atom. The van der Waals surface area contributed by atoms with Gasteiger partial charge >= 0.3 is 7.69 Å². The van der Waals surface area contributed by atoms with E-state index < -0.39 is 0 Å². The lowest BCUT2D eigenvalue weighted by atomic mass is 9.86. The third-order valence-corrected chi connectivity index (χ3v) is 1.88. The molecule has 0 saturated carbocycles. The highest BCUT2D eigenvalue weighted by molar-refractivity contribution is 6.13. The van der Waals surface area contributed by atoms with Crippen LogP contribution in [0.2, 0.25) is 0 Å². The molecule has 14 heavy (non-hydrogen) atoms. The Kier molecular flexibility index (Phi) is 5.50. The summed E-state index contributed by atoms with van der Waals surface area (Å²) in [6.07, 6.45) is 0. The SMILES string of the molecule is Cc1cccc(C(C)(C)C)c1.O[B]O. The van der Waals surface area contributed by atoms with Gasteiger partial charge in [-0.2, -0.15) is 0 Å². The van der Waals surface area contributed by atoms with Crippen molar-refractivity contribution in [3.8, 4) is 0 Å². The molecule has 0 bridgehead atoms. The molecule has 1 aromatic rings. The minimum atomic E-state index is 0. The molecule has 0 spiro atoms. The summed E-state index contributed by atoms with van der Waals surface area (Å²) in [5, 5.41) is 14.0. The highest BCUT2D eigenvalue weighted by Gasteiger charge is 2.12. The van der Waals surface area contributed by atoms with Crippen LogP contribution in [0.15, 0.2) is 24.3 Å². The molecule has 0 saturated heterocycles. The standard InChI is InChI=1S/C11H16.BH2O2/c1-9-6-5-7-10(8-9)11(2,3)4;2-1-3/h5-8H,1-4H3;2-3H. The van der Waals surface area contributed by atoms with Crippen molar-refractivity contribution in [2.24, 2.45) is 0 Å². The third-order valence-electron chi connectivity index (χ3n) is 1.88. The third kappa shape index (κ3) is 5.05. The maximum Gasteiger partial charge on any atom is 0.482 e. The van der Waals surface area contributed by atoms with Gasteiger partial charge in [-0.3, -0.25) is 0 Å². The normalized spacial score (nSPS) is 10.1. The first kappa shape index (κ1) is 13.2. The van der Waals surface area contributed by atoms with E-state index in [1.807, 2.05) is 0 Å². The minimum Gasteiger partial charge on any atom is -0.429 e. The number of benzene rings is 1. The van der Waals surface area contributed by atoms with Crippen molar-refractivity contribution >= 4 is 7.69 Å². The average Bonchev–Trinajstić information content (AvgIpc) is 2.04. The summed E-state index contributed by atoms with van der Waals surface area (Å²) in [4.78, 5) is 0. The van der Waals surface area contributed by atoms with E-state index in [9.17, 15) is 0 Å². The van der Waals surface area contributed by atoms with Crippen molar-refractivity contribution in [3.63, 3.8) is 0 Å². The molecule has 0 aliphatic carbocycles. The second kappa shape index (κ2) is 5.84. The van der Waals surface area contributed by atoms with Gasteiger partial charge in [-0.15, -0.1) is 0 Å². The molecule has 0 aromatic heterocycles. The second-order valence-corrected chi connectivity index (χ2v) is 4.23. The number of rotatable bonds is 0. The molecule has 0 heterocycles. The van der Waals surface area contributed by atoms with Gasteiger partial charge in [0.2, 0.25) is 0 Å². The van der Waals surface area contributed by atoms with Crippen molar-refractivity contribution < 1.29 is 10.0 Å². The summed E-state index contributed by atoms with van der Waals surface area (Å²) in [5.74, 6) is 0. The summed E-state index contributed by atoms with van der Waals surface area (Å²) in [6.45, 7) is 8.85. The maximum absolute atomic E-state index is 7.00. The van der Waals surface area contributed by atoms with E-state index in [1.165, 1.54) is 11.1 Å². The van der Waals surface area contributed by atoms with Crippen LogP contribution in [0.3, 0.4) is 0 Å². The first-order valence-corrected chi connectivity index (χ1v) is 4.59. The zero-order valence-corrected chi connectivity index (χ0v) is 9.28. The highest BCUT2D eigenvalue weighted by Crippen LogP contribution is 2.22. The molecule has 0 aliphatic rings. The Hall–Kier alpha value is -0.795. The van der Waals surface area contributed by atoms with Crippen LogP contribution in [0.1, 0.15) is 31.9 Å². The smallest absolute Gasteiger partial charge is 0.429 e. The zero-order valence-electron chi connectivity index (χ0n) is 9.28. The van der Waals surface area contributed by atoms with Gasteiger partial charge in [-0.05, 0) is 17.9 Å². The van der Waals surface area contributed by atoms with Gasteiger partial charge in [0, 0.05) is 0 Å². The Balaban J connectivity index is 0.000000500. The molecule has 2 nitrogen and oxygen atoms in total. The van der Waals surface area contributed by atoms with Crippen molar-refractivity contribution in [3.05, 3.63) is 35.4 Å². The van der Waals surface area contributed by atoms with Crippen LogP contribution >= 0.6 is 0 Å². The van der Waals surface area contributed by atoms with E-state index in [0.29, 0.717) is 0 Å². The molecule has 1 aromatic carbocycles. The first-order chi connectivity index (χ1) is 6.41. The molecule has 0 unspecified atom stereocenters. The lowest BCUT2D eigenvalue weighted by molar-refractivity contribution is 0.448. The van der Waals surface area contributed by atoms with Gasteiger partial charge in [0.25, 0.3) is 0 Å². The molecule has 0 atom stereocenters. The number of aryl methyl sites for hydroxylation is 1. The molecule has 1 radical (unpaired) electrons. The predicted octanol–water partition coefficient (Wildman–Crippen LogP) is 1.80. The van der Waals surface area contributed by atoms with Crippen LogP contribution in [0.4, 0.5) is 0 Å². The Morgan fingerprint density at radius 2 is 1.64 bits per heavy atom. The average molecular weight is 193 g/mol. The van der Waals surface area contributed by atoms with Crippen LogP contribution in [0.5, 0.6) is 0 Å². The van der Waals surface area contributed by atoms with E-state index in [4.69, 9.17) is 10.0 Å². The van der Waals surface area contributed by atoms with E-state index in [2.05, 4.69) is 52.0 Å². The molecule has 0 fully saturated rings. The minimum absolute atomic E-state index is 0. The molecule has 1 rings (SSSR count). The van der Waals surface area contributed by atoms with E-state index in [1.54, 1.807) is 0 Å². The molecule has 0 aliphatic heterocycles. The molecule has 77 valence electrons. The first-order valence-electron chi connectivity index (χ1n) is 4.59. The number of hydrogen-bond acceptors (Lipinski definition) is 2. The lowest BCUT2D eigenvalue weighted by Crippen LogP contribution is -2.10. The second-order valence-electron chi connectivity index (χ2n) is 4.23. The molecular formula is C11H18BO2.